The molecule has 20 heavy (non-hydrogen) atoms. The smallest absolute Gasteiger partial charge is 0.0815 e. The maximum Gasteiger partial charge on any atom is 0.0815 e. The number of hydrogen-bond donors (Lipinski definition) is 3. The third kappa shape index (κ3) is 4.22. The van der Waals surface area contributed by atoms with Crippen molar-refractivity contribution in [2.75, 3.05) is 19.0 Å². The first-order valence-corrected chi connectivity index (χ1v) is 8.94. The first kappa shape index (κ1) is 15.8. The molecule has 0 saturated carbocycles. The van der Waals surface area contributed by atoms with E-state index in [1.807, 2.05) is 0 Å². The van der Waals surface area contributed by atoms with Gasteiger partial charge >= 0.3 is 0 Å². The lowest BCUT2D eigenvalue weighted by Crippen LogP contribution is -2.34. The van der Waals surface area contributed by atoms with Crippen LogP contribution in [-0.2, 0) is 13.0 Å². The van der Waals surface area contributed by atoms with Crippen molar-refractivity contribution in [2.24, 2.45) is 10.7 Å². The molecule has 1 aliphatic rings. The number of hydrogen-bond acceptors (Lipinski definition) is 6. The van der Waals surface area contributed by atoms with E-state index in [2.05, 4.69) is 58.4 Å². The van der Waals surface area contributed by atoms with E-state index in [9.17, 15) is 0 Å². The third-order valence-electron chi connectivity index (χ3n) is 3.31. The quantitative estimate of drug-likeness (QED) is 0.443. The van der Waals surface area contributed by atoms with Crippen molar-refractivity contribution >= 4 is 41.3 Å². The molecule has 0 radical (unpaired) electrons. The second-order valence-corrected chi connectivity index (χ2v) is 6.12. The molecule has 3 nitrogen and oxygen atoms in total. The minimum absolute atomic E-state index is 0.461. The molecule has 0 aliphatic carbocycles. The first-order chi connectivity index (χ1) is 9.74. The zero-order chi connectivity index (χ0) is 14.4. The number of benzene rings is 1. The predicted molar refractivity (Wildman–Crippen MR) is 95.6 cm³/mol. The van der Waals surface area contributed by atoms with Crippen LogP contribution in [0.2, 0.25) is 0 Å². The van der Waals surface area contributed by atoms with Gasteiger partial charge < -0.3 is 5.73 Å². The van der Waals surface area contributed by atoms with E-state index in [0.717, 1.165) is 36.7 Å². The number of fused-ring (bicyclic) bond motifs is 1. The van der Waals surface area contributed by atoms with Crippen molar-refractivity contribution in [1.29, 1.82) is 0 Å². The van der Waals surface area contributed by atoms with Crippen LogP contribution in [0.4, 0.5) is 0 Å². The van der Waals surface area contributed by atoms with E-state index in [1.165, 1.54) is 21.9 Å². The Balaban J connectivity index is 2.04. The summed E-state index contributed by atoms with van der Waals surface area (Å²) in [5.74, 6) is 0.461. The zero-order valence-corrected chi connectivity index (χ0v) is 13.8. The topological polar surface area (TPSA) is 41.6 Å². The van der Waals surface area contributed by atoms with Crippen molar-refractivity contribution < 1.29 is 0 Å². The van der Waals surface area contributed by atoms with Crippen LogP contribution in [0.15, 0.2) is 39.9 Å². The Hall–Kier alpha value is -0.560. The van der Waals surface area contributed by atoms with Crippen LogP contribution in [0.1, 0.15) is 11.1 Å². The molecule has 0 atom stereocenters. The number of rotatable bonds is 5. The summed E-state index contributed by atoms with van der Waals surface area (Å²) in [5.41, 5.74) is 9.84. The molecule has 2 N–H and O–H groups in total. The Kier molecular flexibility index (Phi) is 6.35. The summed E-state index contributed by atoms with van der Waals surface area (Å²) in [6, 6.07) is 8.60. The largest absolute Gasteiger partial charge is 0.400 e. The van der Waals surface area contributed by atoms with E-state index >= 15 is 0 Å². The highest BCUT2D eigenvalue weighted by Gasteiger charge is 2.16. The molecule has 6 heteroatoms. The predicted octanol–water partition coefficient (Wildman–Crippen LogP) is 2.75. The van der Waals surface area contributed by atoms with Crippen LogP contribution in [0.25, 0.3) is 0 Å². The van der Waals surface area contributed by atoms with Gasteiger partial charge in [-0.3, -0.25) is 9.89 Å². The minimum Gasteiger partial charge on any atom is -0.400 e. The summed E-state index contributed by atoms with van der Waals surface area (Å²) in [6.45, 7) is 2.73. The average molecular weight is 326 g/mol. The van der Waals surface area contributed by atoms with Gasteiger partial charge in [-0.15, -0.1) is 11.7 Å². The molecule has 0 bridgehead atoms. The molecule has 0 aromatic heterocycles. The van der Waals surface area contributed by atoms with Crippen LogP contribution in [0.5, 0.6) is 0 Å². The van der Waals surface area contributed by atoms with Gasteiger partial charge in [-0.25, -0.2) is 0 Å². The van der Waals surface area contributed by atoms with Crippen molar-refractivity contribution in [3.05, 3.63) is 46.0 Å². The molecule has 0 saturated heterocycles. The Morgan fingerprint density at radius 1 is 1.40 bits per heavy atom. The van der Waals surface area contributed by atoms with Crippen LogP contribution in [-0.4, -0.2) is 30.1 Å². The van der Waals surface area contributed by atoms with Crippen molar-refractivity contribution in [3.63, 3.8) is 0 Å². The van der Waals surface area contributed by atoms with Gasteiger partial charge in [0.2, 0.25) is 0 Å². The highest BCUT2D eigenvalue weighted by Crippen LogP contribution is 2.22. The molecule has 1 aromatic carbocycles. The standard InChI is InChI=1S/C14H19N3S3/c15-13(14(20-19)7-16-10-18)9-17-6-5-11-3-1-2-4-12(11)8-17/h1-4,7,18-19H,5-6,8-10,15H2. The summed E-state index contributed by atoms with van der Waals surface area (Å²) in [5, 5.41) is 0. The maximum atomic E-state index is 6.17. The second kappa shape index (κ2) is 8.02. The van der Waals surface area contributed by atoms with Gasteiger partial charge in [0.25, 0.3) is 0 Å². The highest BCUT2D eigenvalue weighted by molar-refractivity contribution is 8.70. The monoisotopic (exact) mass is 325 g/mol. The fourth-order valence-electron chi connectivity index (χ4n) is 2.30. The van der Waals surface area contributed by atoms with Gasteiger partial charge in [0.05, 0.1) is 10.8 Å². The van der Waals surface area contributed by atoms with Gasteiger partial charge in [-0.2, -0.15) is 12.6 Å². The minimum atomic E-state index is 0.461. The highest BCUT2D eigenvalue weighted by atomic mass is 33.1. The van der Waals surface area contributed by atoms with Gasteiger partial charge in [0.15, 0.2) is 0 Å². The number of nitrogens with zero attached hydrogens (tertiary/aromatic N) is 2. The molecule has 0 amide bonds. The van der Waals surface area contributed by atoms with Gasteiger partial charge in [-0.05, 0) is 17.5 Å². The Labute approximate surface area is 134 Å². The van der Waals surface area contributed by atoms with Crippen LogP contribution in [0.3, 0.4) is 0 Å². The van der Waals surface area contributed by atoms with Gasteiger partial charge in [0, 0.05) is 31.5 Å². The molecule has 1 aromatic rings. The molecule has 1 heterocycles. The van der Waals surface area contributed by atoms with Crippen molar-refractivity contribution in [1.82, 2.24) is 4.90 Å². The van der Waals surface area contributed by atoms with Gasteiger partial charge in [0.1, 0.15) is 0 Å². The second-order valence-electron chi connectivity index (χ2n) is 4.66. The zero-order valence-electron chi connectivity index (χ0n) is 11.2. The molecule has 0 unspecified atom stereocenters. The summed E-state index contributed by atoms with van der Waals surface area (Å²) >= 11 is 8.29. The van der Waals surface area contributed by atoms with Gasteiger partial charge in [-0.1, -0.05) is 35.1 Å². The summed E-state index contributed by atoms with van der Waals surface area (Å²) in [7, 11) is 1.33. The maximum absolute atomic E-state index is 6.17. The Morgan fingerprint density at radius 2 is 2.15 bits per heavy atom. The Bertz CT molecular complexity index is 514. The number of thiol groups is 2. The fraction of sp³-hybridized carbons (Fsp3) is 0.357. The van der Waals surface area contributed by atoms with Crippen molar-refractivity contribution in [3.8, 4) is 0 Å². The summed E-state index contributed by atoms with van der Waals surface area (Å²) in [6.07, 6.45) is 2.83. The van der Waals surface area contributed by atoms with E-state index in [0.29, 0.717) is 5.88 Å². The third-order valence-corrected chi connectivity index (χ3v) is 4.63. The van der Waals surface area contributed by atoms with E-state index in [1.54, 1.807) is 6.21 Å². The number of aliphatic imine (C=N–C) groups is 1. The van der Waals surface area contributed by atoms with Crippen LogP contribution >= 0.6 is 35.1 Å². The molecule has 2 rings (SSSR count). The van der Waals surface area contributed by atoms with Crippen LogP contribution < -0.4 is 5.73 Å². The SMILES string of the molecule is NC(CN1CCc2ccccc2C1)=C(C=NCS)SS. The fourth-order valence-corrected chi connectivity index (χ4v) is 3.18. The molecule has 0 spiro atoms. The van der Waals surface area contributed by atoms with E-state index < -0.39 is 0 Å². The van der Waals surface area contributed by atoms with E-state index in [4.69, 9.17) is 5.73 Å². The van der Waals surface area contributed by atoms with Crippen molar-refractivity contribution in [2.45, 2.75) is 13.0 Å². The molecule has 1 aliphatic heterocycles. The Morgan fingerprint density at radius 3 is 2.85 bits per heavy atom. The molecule has 108 valence electrons. The van der Waals surface area contributed by atoms with Crippen LogP contribution in [0, 0.1) is 0 Å². The lowest BCUT2D eigenvalue weighted by Gasteiger charge is -2.29. The summed E-state index contributed by atoms with van der Waals surface area (Å²) < 4.78 is 0. The lowest BCUT2D eigenvalue weighted by molar-refractivity contribution is 0.275. The normalized spacial score (nSPS) is 17.1. The molecular weight excluding hydrogens is 306 g/mol. The van der Waals surface area contributed by atoms with E-state index in [-0.39, 0.29) is 0 Å². The summed E-state index contributed by atoms with van der Waals surface area (Å²) in [4.78, 5) is 7.37. The molecular formula is C14H19N3S3. The lowest BCUT2D eigenvalue weighted by atomic mass is 10.00. The first-order valence-electron chi connectivity index (χ1n) is 6.44. The molecule has 0 fully saturated rings. The average Bonchev–Trinajstić information content (AvgIpc) is 2.48. The number of nitrogens with two attached hydrogens (primary N) is 1. The number of allylic oxidation sites excluding steroid dienone is 1.